The minimum atomic E-state index is -0.416. The molecule has 0 aromatic heterocycles. The highest BCUT2D eigenvalue weighted by Gasteiger charge is 2.17. The molecule has 0 heterocycles. The molecule has 19 heavy (non-hydrogen) atoms. The van der Waals surface area contributed by atoms with Crippen molar-refractivity contribution in [1.29, 1.82) is 0 Å². The third kappa shape index (κ3) is 3.34. The summed E-state index contributed by atoms with van der Waals surface area (Å²) >= 11 is 18.4. The zero-order valence-corrected chi connectivity index (χ0v) is 12.2. The van der Waals surface area contributed by atoms with Gasteiger partial charge >= 0.3 is 0 Å². The lowest BCUT2D eigenvalue weighted by Crippen LogP contribution is -2.16. The van der Waals surface area contributed by atoms with Gasteiger partial charge in [0.2, 0.25) is 0 Å². The highest BCUT2D eigenvalue weighted by molar-refractivity contribution is 6.36. The van der Waals surface area contributed by atoms with Gasteiger partial charge in [0.25, 0.3) is 0 Å². The fourth-order valence-electron chi connectivity index (χ4n) is 1.82. The van der Waals surface area contributed by atoms with E-state index >= 15 is 0 Å². The van der Waals surface area contributed by atoms with Gasteiger partial charge in [0.1, 0.15) is 0 Å². The maximum Gasteiger partial charge on any atom is 0.0774 e. The second-order valence-electron chi connectivity index (χ2n) is 3.99. The first-order valence-electron chi connectivity index (χ1n) is 5.69. The lowest BCUT2D eigenvalue weighted by molar-refractivity contribution is 0.276. The summed E-state index contributed by atoms with van der Waals surface area (Å²) in [5, 5.41) is 14.3. The van der Waals surface area contributed by atoms with E-state index in [0.29, 0.717) is 20.6 Å². The second kappa shape index (κ2) is 6.49. The first-order chi connectivity index (χ1) is 9.13. The van der Waals surface area contributed by atoms with E-state index in [1.54, 1.807) is 24.3 Å². The van der Waals surface area contributed by atoms with Gasteiger partial charge in [-0.3, -0.25) is 0 Å². The number of anilines is 1. The van der Waals surface area contributed by atoms with Crippen molar-refractivity contribution in [2.24, 2.45) is 0 Å². The molecule has 1 unspecified atom stereocenters. The van der Waals surface area contributed by atoms with Gasteiger partial charge in [0, 0.05) is 15.6 Å². The Bertz CT molecular complexity index is 554. The Morgan fingerprint density at radius 3 is 2.05 bits per heavy atom. The number of hydrogen-bond donors (Lipinski definition) is 2. The van der Waals surface area contributed by atoms with Crippen LogP contribution in [-0.4, -0.2) is 11.7 Å². The summed E-state index contributed by atoms with van der Waals surface area (Å²) < 4.78 is 0. The summed E-state index contributed by atoms with van der Waals surface area (Å²) in [7, 11) is 0. The van der Waals surface area contributed by atoms with Crippen molar-refractivity contribution in [3.05, 3.63) is 63.1 Å². The van der Waals surface area contributed by atoms with E-state index < -0.39 is 6.04 Å². The molecule has 0 radical (unpaired) electrons. The van der Waals surface area contributed by atoms with Gasteiger partial charge in [-0.15, -0.1) is 0 Å². The summed E-state index contributed by atoms with van der Waals surface area (Å²) in [5.74, 6) is 0. The van der Waals surface area contributed by atoms with Crippen molar-refractivity contribution >= 4 is 40.5 Å². The average molecular weight is 317 g/mol. The van der Waals surface area contributed by atoms with Crippen molar-refractivity contribution in [3.63, 3.8) is 0 Å². The van der Waals surface area contributed by atoms with Crippen molar-refractivity contribution < 1.29 is 5.11 Å². The maximum absolute atomic E-state index is 9.56. The SMILES string of the molecule is OCC(Nc1ccccc1Cl)c1c(Cl)cccc1Cl. The molecule has 2 nitrogen and oxygen atoms in total. The lowest BCUT2D eigenvalue weighted by Gasteiger charge is -2.21. The van der Waals surface area contributed by atoms with Crippen molar-refractivity contribution in [3.8, 4) is 0 Å². The van der Waals surface area contributed by atoms with E-state index in [2.05, 4.69) is 5.32 Å². The molecule has 0 aliphatic rings. The van der Waals surface area contributed by atoms with Crippen LogP contribution in [0.2, 0.25) is 15.1 Å². The van der Waals surface area contributed by atoms with Crippen LogP contribution in [0.5, 0.6) is 0 Å². The molecule has 5 heteroatoms. The maximum atomic E-state index is 9.56. The molecule has 0 fully saturated rings. The molecule has 2 aromatic rings. The summed E-state index contributed by atoms with van der Waals surface area (Å²) in [6.07, 6.45) is 0. The molecule has 2 rings (SSSR count). The van der Waals surface area contributed by atoms with E-state index in [4.69, 9.17) is 34.8 Å². The van der Waals surface area contributed by atoms with Crippen molar-refractivity contribution in [1.82, 2.24) is 0 Å². The Morgan fingerprint density at radius 2 is 1.47 bits per heavy atom. The van der Waals surface area contributed by atoms with Gasteiger partial charge in [0.15, 0.2) is 0 Å². The Hall–Kier alpha value is -0.930. The highest BCUT2D eigenvalue weighted by Crippen LogP contribution is 2.33. The standard InChI is InChI=1S/C14H12Cl3NO/c15-9-4-1-2-7-12(9)18-13(8-19)14-10(16)5-3-6-11(14)17/h1-7,13,18-19H,8H2. The zero-order valence-electron chi connectivity index (χ0n) is 9.91. The highest BCUT2D eigenvalue weighted by atomic mass is 35.5. The number of benzene rings is 2. The van der Waals surface area contributed by atoms with Crippen LogP contribution in [0.15, 0.2) is 42.5 Å². The Morgan fingerprint density at radius 1 is 0.895 bits per heavy atom. The van der Waals surface area contributed by atoms with Crippen molar-refractivity contribution in [2.45, 2.75) is 6.04 Å². The van der Waals surface area contributed by atoms with E-state index in [9.17, 15) is 5.11 Å². The molecule has 2 aromatic carbocycles. The van der Waals surface area contributed by atoms with Crippen LogP contribution in [0.1, 0.15) is 11.6 Å². The number of aliphatic hydroxyl groups excluding tert-OH is 1. The predicted molar refractivity (Wildman–Crippen MR) is 81.4 cm³/mol. The van der Waals surface area contributed by atoms with E-state index in [-0.39, 0.29) is 6.61 Å². The first-order valence-corrected chi connectivity index (χ1v) is 6.82. The number of hydrogen-bond acceptors (Lipinski definition) is 2. The molecule has 0 saturated carbocycles. The van der Waals surface area contributed by atoms with Gasteiger partial charge in [-0.2, -0.15) is 0 Å². The number of aliphatic hydroxyl groups is 1. The normalized spacial score (nSPS) is 12.2. The molecule has 0 aliphatic heterocycles. The molecule has 0 bridgehead atoms. The molecule has 2 N–H and O–H groups in total. The van der Waals surface area contributed by atoms with Gasteiger partial charge in [-0.05, 0) is 24.3 Å². The Labute approximate surface area is 126 Å². The first kappa shape index (κ1) is 14.5. The van der Waals surface area contributed by atoms with Crippen LogP contribution >= 0.6 is 34.8 Å². The minimum Gasteiger partial charge on any atom is -0.394 e. The molecule has 0 saturated heterocycles. The van der Waals surface area contributed by atoms with Crippen LogP contribution in [0.4, 0.5) is 5.69 Å². The average Bonchev–Trinajstić information content (AvgIpc) is 2.39. The molecular weight excluding hydrogens is 305 g/mol. The molecule has 0 aliphatic carbocycles. The van der Waals surface area contributed by atoms with E-state index in [0.717, 1.165) is 5.69 Å². The largest absolute Gasteiger partial charge is 0.394 e. The summed E-state index contributed by atoms with van der Waals surface area (Å²) in [6.45, 7) is -0.144. The Kier molecular flexibility index (Phi) is 4.94. The number of nitrogens with one attached hydrogen (secondary N) is 1. The van der Waals surface area contributed by atoms with Crippen LogP contribution in [0.25, 0.3) is 0 Å². The van der Waals surface area contributed by atoms with E-state index in [1.165, 1.54) is 0 Å². The van der Waals surface area contributed by atoms with Gasteiger partial charge in [-0.1, -0.05) is 53.0 Å². The van der Waals surface area contributed by atoms with Gasteiger partial charge in [-0.25, -0.2) is 0 Å². The van der Waals surface area contributed by atoms with Crippen LogP contribution in [0, 0.1) is 0 Å². The van der Waals surface area contributed by atoms with Crippen molar-refractivity contribution in [2.75, 3.05) is 11.9 Å². The molecule has 0 amide bonds. The fraction of sp³-hybridized carbons (Fsp3) is 0.143. The predicted octanol–water partition coefficient (Wildman–Crippen LogP) is 4.79. The molecule has 100 valence electrons. The quantitative estimate of drug-likeness (QED) is 0.850. The molecule has 1 atom stereocenters. The molecule has 0 spiro atoms. The van der Waals surface area contributed by atoms with Crippen LogP contribution in [0.3, 0.4) is 0 Å². The second-order valence-corrected chi connectivity index (χ2v) is 5.22. The number of para-hydroxylation sites is 1. The minimum absolute atomic E-state index is 0.144. The number of rotatable bonds is 4. The van der Waals surface area contributed by atoms with Gasteiger partial charge < -0.3 is 10.4 Å². The Balaban J connectivity index is 2.34. The molecular formula is C14H12Cl3NO. The van der Waals surface area contributed by atoms with Crippen LogP contribution < -0.4 is 5.32 Å². The monoisotopic (exact) mass is 315 g/mol. The lowest BCUT2D eigenvalue weighted by atomic mass is 10.1. The topological polar surface area (TPSA) is 32.3 Å². The third-order valence-corrected chi connectivity index (χ3v) is 3.72. The van der Waals surface area contributed by atoms with E-state index in [1.807, 2.05) is 18.2 Å². The van der Waals surface area contributed by atoms with Crippen LogP contribution in [-0.2, 0) is 0 Å². The summed E-state index contributed by atoms with van der Waals surface area (Å²) in [6, 6.07) is 12.1. The fourth-order valence-corrected chi connectivity index (χ4v) is 2.67. The van der Waals surface area contributed by atoms with Gasteiger partial charge in [0.05, 0.1) is 23.4 Å². The zero-order chi connectivity index (χ0) is 13.8. The number of halogens is 3. The summed E-state index contributed by atoms with van der Waals surface area (Å²) in [5.41, 5.74) is 1.38. The summed E-state index contributed by atoms with van der Waals surface area (Å²) in [4.78, 5) is 0. The smallest absolute Gasteiger partial charge is 0.0774 e. The third-order valence-electron chi connectivity index (χ3n) is 2.73.